The summed E-state index contributed by atoms with van der Waals surface area (Å²) < 4.78 is 11.9. The molecule has 2 aromatic carbocycles. The first kappa shape index (κ1) is 21.4. The predicted octanol–water partition coefficient (Wildman–Crippen LogP) is 2.89. The fourth-order valence-corrected chi connectivity index (χ4v) is 4.02. The summed E-state index contributed by atoms with van der Waals surface area (Å²) >= 11 is 0. The van der Waals surface area contributed by atoms with E-state index < -0.39 is 5.56 Å². The SMILES string of the molecule is COc1ccc(NC(=O)Cn2c(=O)cc(C(=O)N3CCCC3)c3ccccc32)cc1OC. The van der Waals surface area contributed by atoms with Crippen molar-refractivity contribution in [3.05, 3.63) is 64.4 Å². The maximum atomic E-state index is 13.0. The number of hydrogen-bond acceptors (Lipinski definition) is 5. The van der Waals surface area contributed by atoms with Gasteiger partial charge >= 0.3 is 0 Å². The molecular weight excluding hydrogens is 410 g/mol. The zero-order valence-electron chi connectivity index (χ0n) is 18.1. The number of benzene rings is 2. The van der Waals surface area contributed by atoms with E-state index in [9.17, 15) is 14.4 Å². The van der Waals surface area contributed by atoms with Gasteiger partial charge in [0, 0.05) is 36.3 Å². The lowest BCUT2D eigenvalue weighted by Crippen LogP contribution is -2.32. The second kappa shape index (κ2) is 9.13. The maximum absolute atomic E-state index is 13.0. The minimum atomic E-state index is -0.395. The average Bonchev–Trinajstić information content (AvgIpc) is 3.35. The van der Waals surface area contributed by atoms with Crippen LogP contribution in [-0.2, 0) is 11.3 Å². The minimum absolute atomic E-state index is 0.141. The van der Waals surface area contributed by atoms with Gasteiger partial charge in [-0.25, -0.2) is 0 Å². The van der Waals surface area contributed by atoms with Crippen LogP contribution >= 0.6 is 0 Å². The van der Waals surface area contributed by atoms with Gasteiger partial charge < -0.3 is 19.7 Å². The summed E-state index contributed by atoms with van der Waals surface area (Å²) in [5.74, 6) is 0.518. The van der Waals surface area contributed by atoms with Gasteiger partial charge in [0.15, 0.2) is 11.5 Å². The zero-order valence-corrected chi connectivity index (χ0v) is 18.1. The summed E-state index contributed by atoms with van der Waals surface area (Å²) in [5, 5.41) is 3.44. The van der Waals surface area contributed by atoms with E-state index in [1.165, 1.54) is 24.9 Å². The number of methoxy groups -OCH3 is 2. The lowest BCUT2D eigenvalue weighted by molar-refractivity contribution is -0.116. The maximum Gasteiger partial charge on any atom is 0.254 e. The van der Waals surface area contributed by atoms with Crippen LogP contribution in [0, 0.1) is 0 Å². The summed E-state index contributed by atoms with van der Waals surface area (Å²) in [6, 6.07) is 13.5. The monoisotopic (exact) mass is 435 g/mol. The van der Waals surface area contributed by atoms with Crippen LogP contribution in [0.15, 0.2) is 53.3 Å². The van der Waals surface area contributed by atoms with Crippen molar-refractivity contribution >= 4 is 28.4 Å². The molecule has 1 saturated heterocycles. The fourth-order valence-electron chi connectivity index (χ4n) is 4.02. The Hall–Kier alpha value is -3.81. The molecule has 32 heavy (non-hydrogen) atoms. The van der Waals surface area contributed by atoms with Crippen molar-refractivity contribution in [2.24, 2.45) is 0 Å². The van der Waals surface area contributed by atoms with Gasteiger partial charge in [-0.2, -0.15) is 0 Å². The third-order valence-corrected chi connectivity index (χ3v) is 5.61. The second-order valence-corrected chi connectivity index (χ2v) is 7.62. The molecule has 0 radical (unpaired) electrons. The first-order valence-electron chi connectivity index (χ1n) is 10.5. The molecule has 1 N–H and O–H groups in total. The Balaban J connectivity index is 1.63. The number of aromatic nitrogens is 1. The largest absolute Gasteiger partial charge is 0.493 e. The number of rotatable bonds is 6. The highest BCUT2D eigenvalue weighted by Crippen LogP contribution is 2.29. The topological polar surface area (TPSA) is 89.9 Å². The van der Waals surface area contributed by atoms with Crippen molar-refractivity contribution in [1.82, 2.24) is 9.47 Å². The minimum Gasteiger partial charge on any atom is -0.493 e. The van der Waals surface area contributed by atoms with Crippen LogP contribution in [0.1, 0.15) is 23.2 Å². The number of anilines is 1. The fraction of sp³-hybridized carbons (Fsp3) is 0.292. The zero-order chi connectivity index (χ0) is 22.7. The number of nitrogens with zero attached hydrogens (tertiary/aromatic N) is 2. The number of amides is 2. The van der Waals surface area contributed by atoms with Gasteiger partial charge in [-0.15, -0.1) is 0 Å². The van der Waals surface area contributed by atoms with E-state index in [0.29, 0.717) is 46.7 Å². The van der Waals surface area contributed by atoms with E-state index in [2.05, 4.69) is 5.32 Å². The molecule has 8 heteroatoms. The molecule has 4 rings (SSSR count). The number of carbonyl (C=O) groups is 2. The number of ether oxygens (including phenoxy) is 2. The molecule has 1 aromatic heterocycles. The summed E-state index contributed by atoms with van der Waals surface area (Å²) in [6.07, 6.45) is 1.94. The molecule has 1 aliphatic heterocycles. The standard InChI is InChI=1S/C24H25N3O5/c1-31-20-10-9-16(13-21(20)32-2)25-22(28)15-27-19-8-4-3-7-17(19)18(14-23(27)29)24(30)26-11-5-6-12-26/h3-4,7-10,13-14H,5-6,11-12,15H2,1-2H3,(H,25,28). The number of likely N-dealkylation sites (tertiary alicyclic amines) is 1. The van der Waals surface area contributed by atoms with Crippen LogP contribution in [-0.4, -0.2) is 48.6 Å². The Labute approximate surface area is 185 Å². The van der Waals surface area contributed by atoms with Crippen molar-refractivity contribution in [3.63, 3.8) is 0 Å². The van der Waals surface area contributed by atoms with Crippen molar-refractivity contribution in [1.29, 1.82) is 0 Å². The molecule has 0 unspecified atom stereocenters. The van der Waals surface area contributed by atoms with E-state index in [-0.39, 0.29) is 18.4 Å². The molecule has 0 bridgehead atoms. The highest BCUT2D eigenvalue weighted by atomic mass is 16.5. The van der Waals surface area contributed by atoms with Crippen molar-refractivity contribution < 1.29 is 19.1 Å². The summed E-state index contributed by atoms with van der Waals surface area (Å²) in [4.78, 5) is 40.4. The summed E-state index contributed by atoms with van der Waals surface area (Å²) in [6.45, 7) is 1.21. The van der Waals surface area contributed by atoms with Crippen LogP contribution in [0.5, 0.6) is 11.5 Å². The quantitative estimate of drug-likeness (QED) is 0.643. The van der Waals surface area contributed by atoms with Crippen molar-refractivity contribution in [2.75, 3.05) is 32.6 Å². The Morgan fingerprint density at radius 1 is 0.969 bits per heavy atom. The van der Waals surface area contributed by atoms with E-state index in [0.717, 1.165) is 12.8 Å². The molecule has 2 amide bonds. The van der Waals surface area contributed by atoms with Crippen LogP contribution in [0.3, 0.4) is 0 Å². The van der Waals surface area contributed by atoms with E-state index in [1.807, 2.05) is 6.07 Å². The van der Waals surface area contributed by atoms with E-state index in [1.54, 1.807) is 41.3 Å². The van der Waals surface area contributed by atoms with Gasteiger partial charge in [0.2, 0.25) is 5.91 Å². The molecule has 2 heterocycles. The third-order valence-electron chi connectivity index (χ3n) is 5.61. The highest BCUT2D eigenvalue weighted by Gasteiger charge is 2.23. The molecule has 1 aliphatic rings. The van der Waals surface area contributed by atoms with Gasteiger partial charge in [-0.1, -0.05) is 18.2 Å². The van der Waals surface area contributed by atoms with Gasteiger partial charge in [0.1, 0.15) is 6.54 Å². The average molecular weight is 435 g/mol. The van der Waals surface area contributed by atoms with Gasteiger partial charge in [0.25, 0.3) is 11.5 Å². The molecular formula is C24H25N3O5. The normalized spacial score (nSPS) is 13.2. The van der Waals surface area contributed by atoms with Gasteiger partial charge in [0.05, 0.1) is 25.3 Å². The highest BCUT2D eigenvalue weighted by molar-refractivity contribution is 6.06. The molecule has 166 valence electrons. The number of carbonyl (C=O) groups excluding carboxylic acids is 2. The Morgan fingerprint density at radius 2 is 1.69 bits per heavy atom. The number of nitrogens with one attached hydrogen (secondary N) is 1. The van der Waals surface area contributed by atoms with Crippen LogP contribution in [0.2, 0.25) is 0 Å². The van der Waals surface area contributed by atoms with Crippen molar-refractivity contribution in [2.45, 2.75) is 19.4 Å². The van der Waals surface area contributed by atoms with Gasteiger partial charge in [-0.3, -0.25) is 19.0 Å². The first-order chi connectivity index (χ1) is 15.5. The number of fused-ring (bicyclic) bond motifs is 1. The lowest BCUT2D eigenvalue weighted by atomic mass is 10.1. The van der Waals surface area contributed by atoms with Gasteiger partial charge in [-0.05, 0) is 31.0 Å². The Morgan fingerprint density at radius 3 is 2.41 bits per heavy atom. The van der Waals surface area contributed by atoms with E-state index >= 15 is 0 Å². The molecule has 8 nitrogen and oxygen atoms in total. The lowest BCUT2D eigenvalue weighted by Gasteiger charge is -2.18. The Kier molecular flexibility index (Phi) is 6.11. The predicted molar refractivity (Wildman–Crippen MR) is 122 cm³/mol. The van der Waals surface area contributed by atoms with Crippen LogP contribution < -0.4 is 20.3 Å². The molecule has 0 spiro atoms. The third kappa shape index (κ3) is 4.16. The van der Waals surface area contributed by atoms with E-state index in [4.69, 9.17) is 9.47 Å². The number of para-hydroxylation sites is 1. The molecule has 3 aromatic rings. The second-order valence-electron chi connectivity index (χ2n) is 7.62. The van der Waals surface area contributed by atoms with Crippen molar-refractivity contribution in [3.8, 4) is 11.5 Å². The van der Waals surface area contributed by atoms with Crippen LogP contribution in [0.25, 0.3) is 10.9 Å². The molecule has 0 aliphatic carbocycles. The number of pyridine rings is 1. The number of hydrogen-bond donors (Lipinski definition) is 1. The summed E-state index contributed by atoms with van der Waals surface area (Å²) in [7, 11) is 3.05. The summed E-state index contributed by atoms with van der Waals surface area (Å²) in [5.41, 5.74) is 1.05. The molecule has 0 atom stereocenters. The first-order valence-corrected chi connectivity index (χ1v) is 10.5. The van der Waals surface area contributed by atoms with Crippen LogP contribution in [0.4, 0.5) is 5.69 Å². The molecule has 1 fully saturated rings. The Bertz CT molecular complexity index is 1230. The smallest absolute Gasteiger partial charge is 0.254 e. The molecule has 0 saturated carbocycles.